The van der Waals surface area contributed by atoms with Gasteiger partial charge >= 0.3 is 0 Å². The van der Waals surface area contributed by atoms with Gasteiger partial charge in [0.1, 0.15) is 5.75 Å². The van der Waals surface area contributed by atoms with Gasteiger partial charge in [-0.2, -0.15) is 0 Å². The Morgan fingerprint density at radius 3 is 2.50 bits per heavy atom. The Kier molecular flexibility index (Phi) is 3.50. The number of aryl methyl sites for hydroxylation is 1. The summed E-state index contributed by atoms with van der Waals surface area (Å²) >= 11 is 0. The minimum absolute atomic E-state index is 0.821. The molecule has 0 atom stereocenters. The molecular weight excluding hydrogens is 248 g/mol. The molecule has 0 spiro atoms. The predicted octanol–water partition coefficient (Wildman–Crippen LogP) is 3.90. The molecule has 2 aromatic carbocycles. The highest BCUT2D eigenvalue weighted by Gasteiger charge is 2.15. The van der Waals surface area contributed by atoms with E-state index in [-0.39, 0.29) is 0 Å². The zero-order valence-corrected chi connectivity index (χ0v) is 11.8. The fourth-order valence-corrected chi connectivity index (χ4v) is 2.81. The second-order valence-corrected chi connectivity index (χ2v) is 5.23. The SMILES string of the molecule is COc1ccc(Nc2c(N)ccc3c2CCCC3)cc1. The number of rotatable bonds is 3. The molecule has 1 aliphatic carbocycles. The maximum Gasteiger partial charge on any atom is 0.119 e. The number of nitrogens with one attached hydrogen (secondary N) is 1. The number of hydrogen-bond acceptors (Lipinski definition) is 3. The standard InChI is InChI=1S/C17H20N2O/c1-20-14-9-7-13(8-10-14)19-17-15-5-3-2-4-12(15)6-11-16(17)18/h6-11,19H,2-5,18H2,1H3. The van der Waals surface area contributed by atoms with Gasteiger partial charge in [0.15, 0.2) is 0 Å². The predicted molar refractivity (Wildman–Crippen MR) is 83.8 cm³/mol. The second-order valence-electron chi connectivity index (χ2n) is 5.23. The summed E-state index contributed by atoms with van der Waals surface area (Å²) < 4.78 is 5.18. The molecule has 20 heavy (non-hydrogen) atoms. The van der Waals surface area contributed by atoms with Gasteiger partial charge in [-0.1, -0.05) is 6.07 Å². The van der Waals surface area contributed by atoms with Crippen LogP contribution in [0.1, 0.15) is 24.0 Å². The van der Waals surface area contributed by atoms with Crippen molar-refractivity contribution in [2.75, 3.05) is 18.2 Å². The summed E-state index contributed by atoms with van der Waals surface area (Å²) in [7, 11) is 1.67. The molecule has 3 rings (SSSR count). The van der Waals surface area contributed by atoms with E-state index in [4.69, 9.17) is 10.5 Å². The fraction of sp³-hybridized carbons (Fsp3) is 0.294. The summed E-state index contributed by atoms with van der Waals surface area (Å²) in [5, 5.41) is 3.47. The maximum atomic E-state index is 6.16. The van der Waals surface area contributed by atoms with Crippen LogP contribution in [-0.2, 0) is 12.8 Å². The highest BCUT2D eigenvalue weighted by molar-refractivity contribution is 5.77. The lowest BCUT2D eigenvalue weighted by molar-refractivity contribution is 0.415. The van der Waals surface area contributed by atoms with Crippen LogP contribution in [0.4, 0.5) is 17.1 Å². The smallest absolute Gasteiger partial charge is 0.119 e. The molecule has 0 saturated heterocycles. The number of methoxy groups -OCH3 is 1. The molecule has 0 heterocycles. The number of hydrogen-bond donors (Lipinski definition) is 2. The van der Waals surface area contributed by atoms with E-state index >= 15 is 0 Å². The van der Waals surface area contributed by atoms with Gasteiger partial charge in [-0.15, -0.1) is 0 Å². The Morgan fingerprint density at radius 1 is 1.00 bits per heavy atom. The van der Waals surface area contributed by atoms with Gasteiger partial charge in [-0.05, 0) is 67.1 Å². The van der Waals surface area contributed by atoms with E-state index in [0.29, 0.717) is 0 Å². The molecule has 0 fully saturated rings. The topological polar surface area (TPSA) is 47.3 Å². The van der Waals surface area contributed by atoms with E-state index in [1.54, 1.807) is 7.11 Å². The largest absolute Gasteiger partial charge is 0.497 e. The first kappa shape index (κ1) is 12.9. The second kappa shape index (κ2) is 5.45. The van der Waals surface area contributed by atoms with Crippen LogP contribution >= 0.6 is 0 Å². The van der Waals surface area contributed by atoms with E-state index < -0.39 is 0 Å². The van der Waals surface area contributed by atoms with Crippen LogP contribution < -0.4 is 15.8 Å². The molecule has 104 valence electrons. The molecule has 0 radical (unpaired) electrons. The maximum absolute atomic E-state index is 6.16. The van der Waals surface area contributed by atoms with Crippen LogP contribution in [0.15, 0.2) is 36.4 Å². The average molecular weight is 268 g/mol. The van der Waals surface area contributed by atoms with Crippen molar-refractivity contribution >= 4 is 17.1 Å². The van der Waals surface area contributed by atoms with Gasteiger partial charge in [-0.25, -0.2) is 0 Å². The Bertz CT molecular complexity index is 605. The van der Waals surface area contributed by atoms with E-state index in [9.17, 15) is 0 Å². The molecule has 3 N–H and O–H groups in total. The van der Waals surface area contributed by atoms with Crippen LogP contribution in [0.2, 0.25) is 0 Å². The fourth-order valence-electron chi connectivity index (χ4n) is 2.81. The third-order valence-corrected chi connectivity index (χ3v) is 3.92. The lowest BCUT2D eigenvalue weighted by Crippen LogP contribution is -2.08. The van der Waals surface area contributed by atoms with Crippen molar-refractivity contribution in [3.05, 3.63) is 47.5 Å². The van der Waals surface area contributed by atoms with Crippen molar-refractivity contribution in [1.29, 1.82) is 0 Å². The number of nitrogen functional groups attached to an aromatic ring is 1. The summed E-state index contributed by atoms with van der Waals surface area (Å²) in [5.74, 6) is 0.860. The van der Waals surface area contributed by atoms with Crippen LogP contribution in [-0.4, -0.2) is 7.11 Å². The zero-order valence-electron chi connectivity index (χ0n) is 11.8. The van der Waals surface area contributed by atoms with Crippen molar-refractivity contribution in [3.8, 4) is 5.75 Å². The van der Waals surface area contributed by atoms with E-state index in [0.717, 1.165) is 35.7 Å². The summed E-state index contributed by atoms with van der Waals surface area (Å²) in [4.78, 5) is 0. The van der Waals surface area contributed by atoms with E-state index in [2.05, 4.69) is 11.4 Å². The molecule has 3 heteroatoms. The van der Waals surface area contributed by atoms with Gasteiger partial charge < -0.3 is 15.8 Å². The molecule has 0 aromatic heterocycles. The Balaban J connectivity index is 1.93. The lowest BCUT2D eigenvalue weighted by atomic mass is 9.89. The lowest BCUT2D eigenvalue weighted by Gasteiger charge is -2.22. The number of nitrogens with two attached hydrogens (primary N) is 1. The Labute approximate surface area is 119 Å². The molecule has 0 unspecified atom stereocenters. The van der Waals surface area contributed by atoms with Crippen molar-refractivity contribution in [2.45, 2.75) is 25.7 Å². The van der Waals surface area contributed by atoms with Gasteiger partial charge in [0.2, 0.25) is 0 Å². The van der Waals surface area contributed by atoms with Gasteiger partial charge in [0.25, 0.3) is 0 Å². The average Bonchev–Trinajstić information content (AvgIpc) is 2.51. The molecule has 0 bridgehead atoms. The first-order chi connectivity index (χ1) is 9.78. The monoisotopic (exact) mass is 268 g/mol. The minimum atomic E-state index is 0.821. The Hall–Kier alpha value is -2.16. The van der Waals surface area contributed by atoms with Gasteiger partial charge in [-0.3, -0.25) is 0 Å². The first-order valence-electron chi connectivity index (χ1n) is 7.09. The van der Waals surface area contributed by atoms with E-state index in [1.807, 2.05) is 30.3 Å². The van der Waals surface area contributed by atoms with Gasteiger partial charge in [0.05, 0.1) is 18.5 Å². The van der Waals surface area contributed by atoms with Gasteiger partial charge in [0, 0.05) is 5.69 Å². The van der Waals surface area contributed by atoms with Crippen LogP contribution in [0.3, 0.4) is 0 Å². The van der Waals surface area contributed by atoms with Crippen LogP contribution in [0, 0.1) is 0 Å². The highest BCUT2D eigenvalue weighted by atomic mass is 16.5. The molecular formula is C17H20N2O. The molecule has 0 aliphatic heterocycles. The molecule has 1 aliphatic rings. The molecule has 0 saturated carbocycles. The van der Waals surface area contributed by atoms with E-state index in [1.165, 1.54) is 24.0 Å². The highest BCUT2D eigenvalue weighted by Crippen LogP contribution is 2.34. The zero-order chi connectivity index (χ0) is 13.9. The van der Waals surface area contributed by atoms with Crippen LogP contribution in [0.5, 0.6) is 5.75 Å². The summed E-state index contributed by atoms with van der Waals surface area (Å²) in [5.41, 5.74) is 11.9. The van der Waals surface area contributed by atoms with Crippen molar-refractivity contribution < 1.29 is 4.74 Å². The van der Waals surface area contributed by atoms with Crippen LogP contribution in [0.25, 0.3) is 0 Å². The molecule has 3 nitrogen and oxygen atoms in total. The molecule has 2 aromatic rings. The quantitative estimate of drug-likeness (QED) is 0.830. The third-order valence-electron chi connectivity index (χ3n) is 3.92. The normalized spacial score (nSPS) is 13.7. The minimum Gasteiger partial charge on any atom is -0.497 e. The van der Waals surface area contributed by atoms with Crippen molar-refractivity contribution in [3.63, 3.8) is 0 Å². The summed E-state index contributed by atoms with van der Waals surface area (Å²) in [6, 6.07) is 12.1. The number of ether oxygens (including phenoxy) is 1. The Morgan fingerprint density at radius 2 is 1.75 bits per heavy atom. The number of benzene rings is 2. The summed E-state index contributed by atoms with van der Waals surface area (Å²) in [6.45, 7) is 0. The van der Waals surface area contributed by atoms with Crippen molar-refractivity contribution in [2.24, 2.45) is 0 Å². The number of anilines is 3. The first-order valence-corrected chi connectivity index (χ1v) is 7.09. The number of fused-ring (bicyclic) bond motifs is 1. The summed E-state index contributed by atoms with van der Waals surface area (Å²) in [6.07, 6.45) is 4.79. The third kappa shape index (κ3) is 2.44. The van der Waals surface area contributed by atoms with Crippen molar-refractivity contribution in [1.82, 2.24) is 0 Å². The molecule has 0 amide bonds.